The molecule has 4 rings (SSSR count). The van der Waals surface area contributed by atoms with Crippen molar-refractivity contribution in [3.05, 3.63) is 90.8 Å². The van der Waals surface area contributed by atoms with E-state index in [1.807, 2.05) is 60.0 Å². The maximum absolute atomic E-state index is 12.7. The molecule has 29 heavy (non-hydrogen) atoms. The molecule has 0 atom stereocenters. The van der Waals surface area contributed by atoms with Gasteiger partial charge in [-0.15, -0.1) is 10.2 Å². The second-order valence-electron chi connectivity index (χ2n) is 6.20. The van der Waals surface area contributed by atoms with E-state index < -0.39 is 5.97 Å². The van der Waals surface area contributed by atoms with Gasteiger partial charge in [-0.2, -0.15) is 0 Å². The Morgan fingerprint density at radius 2 is 1.66 bits per heavy atom. The van der Waals surface area contributed by atoms with Crippen molar-refractivity contribution in [1.29, 1.82) is 0 Å². The lowest BCUT2D eigenvalue weighted by atomic mass is 10.1. The van der Waals surface area contributed by atoms with Crippen LogP contribution in [-0.4, -0.2) is 27.3 Å². The fraction of sp³-hybridized carbons (Fsp3) is 0.0870. The Morgan fingerprint density at radius 1 is 0.931 bits per heavy atom. The summed E-state index contributed by atoms with van der Waals surface area (Å²) >= 11 is 0. The number of hydrogen-bond acceptors (Lipinski definition) is 5. The van der Waals surface area contributed by atoms with Gasteiger partial charge in [0.1, 0.15) is 17.8 Å². The molecule has 4 aromatic rings. The van der Waals surface area contributed by atoms with E-state index >= 15 is 0 Å². The first-order valence-electron chi connectivity index (χ1n) is 9.26. The van der Waals surface area contributed by atoms with E-state index in [4.69, 9.17) is 9.47 Å². The topological polar surface area (TPSA) is 66.2 Å². The van der Waals surface area contributed by atoms with Crippen molar-refractivity contribution in [2.75, 3.05) is 6.61 Å². The largest absolute Gasteiger partial charge is 0.494 e. The summed E-state index contributed by atoms with van der Waals surface area (Å²) in [5.74, 6) is 1.26. The minimum Gasteiger partial charge on any atom is -0.494 e. The van der Waals surface area contributed by atoms with Crippen LogP contribution in [0.4, 0.5) is 0 Å². The number of ether oxygens (including phenoxy) is 2. The average molecular weight is 385 g/mol. The first kappa shape index (κ1) is 18.4. The Balaban J connectivity index is 1.63. The third-order valence-electron chi connectivity index (χ3n) is 4.31. The Kier molecular flexibility index (Phi) is 5.33. The first-order chi connectivity index (χ1) is 14.3. The summed E-state index contributed by atoms with van der Waals surface area (Å²) in [4.78, 5) is 12.7. The lowest BCUT2D eigenvalue weighted by Crippen LogP contribution is -2.09. The van der Waals surface area contributed by atoms with Gasteiger partial charge < -0.3 is 9.47 Å². The van der Waals surface area contributed by atoms with E-state index in [1.165, 1.54) is 0 Å². The fourth-order valence-corrected chi connectivity index (χ4v) is 2.95. The van der Waals surface area contributed by atoms with E-state index in [1.54, 1.807) is 36.7 Å². The molecule has 0 saturated heterocycles. The van der Waals surface area contributed by atoms with Crippen molar-refractivity contribution in [3.8, 4) is 28.6 Å². The summed E-state index contributed by atoms with van der Waals surface area (Å²) in [6.07, 6.45) is 1.63. The molecule has 0 bridgehead atoms. The van der Waals surface area contributed by atoms with E-state index in [0.29, 0.717) is 35.1 Å². The molecule has 0 N–H and O–H groups in total. The number of benzene rings is 3. The van der Waals surface area contributed by atoms with Crippen LogP contribution < -0.4 is 9.47 Å². The predicted molar refractivity (Wildman–Crippen MR) is 109 cm³/mol. The Morgan fingerprint density at radius 3 is 2.41 bits per heavy atom. The Bertz CT molecular complexity index is 1110. The number of rotatable bonds is 6. The van der Waals surface area contributed by atoms with Gasteiger partial charge in [-0.25, -0.2) is 4.79 Å². The molecule has 3 aromatic carbocycles. The van der Waals surface area contributed by atoms with Gasteiger partial charge in [-0.3, -0.25) is 4.57 Å². The highest BCUT2D eigenvalue weighted by Gasteiger charge is 2.17. The summed E-state index contributed by atoms with van der Waals surface area (Å²) in [6, 6.07) is 23.9. The van der Waals surface area contributed by atoms with Crippen LogP contribution in [0.1, 0.15) is 17.3 Å². The third-order valence-corrected chi connectivity index (χ3v) is 4.31. The number of hydrogen-bond donors (Lipinski definition) is 0. The molecule has 6 heteroatoms. The second kappa shape index (κ2) is 8.39. The standard InChI is InChI=1S/C23H19N3O3/c1-2-28-19-14-12-17(13-15-19)23(27)29-21-11-7-6-10-20(21)22-25-24-16-26(22)18-8-4-3-5-9-18/h3-16H,2H2,1H3. The molecule has 6 nitrogen and oxygen atoms in total. The maximum atomic E-state index is 12.7. The third kappa shape index (κ3) is 4.01. The van der Waals surface area contributed by atoms with E-state index in [-0.39, 0.29) is 0 Å². The minimum atomic E-state index is -0.453. The predicted octanol–water partition coefficient (Wildman–Crippen LogP) is 4.55. The van der Waals surface area contributed by atoms with Crippen molar-refractivity contribution in [1.82, 2.24) is 14.8 Å². The Labute approximate surface area is 168 Å². The van der Waals surface area contributed by atoms with Crippen LogP contribution in [0.5, 0.6) is 11.5 Å². The quantitative estimate of drug-likeness (QED) is 0.360. The van der Waals surface area contributed by atoms with Crippen molar-refractivity contribution < 1.29 is 14.3 Å². The van der Waals surface area contributed by atoms with Gasteiger partial charge in [0.2, 0.25) is 0 Å². The van der Waals surface area contributed by atoms with Crippen LogP contribution in [0.3, 0.4) is 0 Å². The molecule has 1 aromatic heterocycles. The maximum Gasteiger partial charge on any atom is 0.343 e. The van der Waals surface area contributed by atoms with Crippen molar-refractivity contribution in [2.45, 2.75) is 6.92 Å². The number of aromatic nitrogens is 3. The van der Waals surface area contributed by atoms with Gasteiger partial charge >= 0.3 is 5.97 Å². The van der Waals surface area contributed by atoms with Crippen molar-refractivity contribution in [2.24, 2.45) is 0 Å². The van der Waals surface area contributed by atoms with Crippen LogP contribution in [0, 0.1) is 0 Å². The number of carbonyl (C=O) groups excluding carboxylic acids is 1. The zero-order valence-electron chi connectivity index (χ0n) is 15.9. The molecule has 0 unspecified atom stereocenters. The molecule has 0 saturated carbocycles. The molecule has 0 aliphatic heterocycles. The summed E-state index contributed by atoms with van der Waals surface area (Å²) in [5.41, 5.74) is 2.03. The van der Waals surface area contributed by atoms with Crippen LogP contribution in [-0.2, 0) is 0 Å². The smallest absolute Gasteiger partial charge is 0.343 e. The van der Waals surface area contributed by atoms with Gasteiger partial charge in [0.05, 0.1) is 17.7 Å². The molecule has 0 aliphatic carbocycles. The van der Waals surface area contributed by atoms with Gasteiger partial charge in [0.25, 0.3) is 0 Å². The molecule has 0 aliphatic rings. The normalized spacial score (nSPS) is 10.5. The molecule has 1 heterocycles. The molecular weight excluding hydrogens is 366 g/mol. The molecule has 0 spiro atoms. The minimum absolute atomic E-state index is 0.413. The molecule has 0 radical (unpaired) electrons. The summed E-state index contributed by atoms with van der Waals surface area (Å²) < 4.78 is 12.9. The lowest BCUT2D eigenvalue weighted by Gasteiger charge is -2.11. The van der Waals surface area contributed by atoms with Crippen molar-refractivity contribution in [3.63, 3.8) is 0 Å². The summed E-state index contributed by atoms with van der Waals surface area (Å²) in [6.45, 7) is 2.48. The van der Waals surface area contributed by atoms with Gasteiger partial charge in [-0.1, -0.05) is 30.3 Å². The highest BCUT2D eigenvalue weighted by Crippen LogP contribution is 2.30. The Hall–Kier alpha value is -3.93. The monoisotopic (exact) mass is 385 g/mol. The molecule has 144 valence electrons. The van der Waals surface area contributed by atoms with Crippen LogP contribution in [0.25, 0.3) is 17.1 Å². The van der Waals surface area contributed by atoms with Gasteiger partial charge in [0.15, 0.2) is 5.82 Å². The highest BCUT2D eigenvalue weighted by atomic mass is 16.5. The van der Waals surface area contributed by atoms with Gasteiger partial charge in [-0.05, 0) is 55.5 Å². The number of esters is 1. The van der Waals surface area contributed by atoms with E-state index in [9.17, 15) is 4.79 Å². The molecular formula is C23H19N3O3. The zero-order chi connectivity index (χ0) is 20.1. The number of nitrogens with zero attached hydrogens (tertiary/aromatic N) is 3. The van der Waals surface area contributed by atoms with E-state index in [0.717, 1.165) is 5.69 Å². The van der Waals surface area contributed by atoms with Crippen LogP contribution >= 0.6 is 0 Å². The summed E-state index contributed by atoms with van der Waals surface area (Å²) in [5, 5.41) is 8.28. The van der Waals surface area contributed by atoms with Crippen molar-refractivity contribution >= 4 is 5.97 Å². The second-order valence-corrected chi connectivity index (χ2v) is 6.20. The van der Waals surface area contributed by atoms with Crippen LogP contribution in [0.15, 0.2) is 85.2 Å². The highest BCUT2D eigenvalue weighted by molar-refractivity contribution is 5.92. The summed E-state index contributed by atoms with van der Waals surface area (Å²) in [7, 11) is 0. The van der Waals surface area contributed by atoms with Gasteiger partial charge in [0, 0.05) is 5.69 Å². The lowest BCUT2D eigenvalue weighted by molar-refractivity contribution is 0.0735. The molecule has 0 amide bonds. The number of para-hydroxylation sites is 2. The fourth-order valence-electron chi connectivity index (χ4n) is 2.95. The zero-order valence-corrected chi connectivity index (χ0v) is 15.9. The molecule has 0 fully saturated rings. The number of carbonyl (C=O) groups is 1. The first-order valence-corrected chi connectivity index (χ1v) is 9.26. The van der Waals surface area contributed by atoms with E-state index in [2.05, 4.69) is 10.2 Å². The van der Waals surface area contributed by atoms with Crippen LogP contribution in [0.2, 0.25) is 0 Å². The average Bonchev–Trinajstić information content (AvgIpc) is 3.25. The SMILES string of the molecule is CCOc1ccc(C(=O)Oc2ccccc2-c2nncn2-c2ccccc2)cc1.